The fourth-order valence-electron chi connectivity index (χ4n) is 2.01. The smallest absolute Gasteiger partial charge is 0.104 e. The van der Waals surface area contributed by atoms with Crippen LogP contribution >= 0.6 is 12.6 Å². The third-order valence-electron chi connectivity index (χ3n) is 2.82. The van der Waals surface area contributed by atoms with Gasteiger partial charge in [-0.2, -0.15) is 12.6 Å². The average Bonchev–Trinajstić information content (AvgIpc) is 2.65. The van der Waals surface area contributed by atoms with Crippen LogP contribution in [0.2, 0.25) is 0 Å². The molecule has 4 heteroatoms. The Morgan fingerprint density at radius 3 is 3.00 bits per heavy atom. The molecule has 0 saturated heterocycles. The van der Waals surface area contributed by atoms with Crippen molar-refractivity contribution in [2.45, 2.75) is 19.9 Å². The Kier molecular flexibility index (Phi) is 4.07. The Labute approximate surface area is 108 Å². The molecule has 1 aromatic carbocycles. The Hall–Kier alpha value is -1.00. The second kappa shape index (κ2) is 5.56. The minimum absolute atomic E-state index is 0.948. The zero-order valence-corrected chi connectivity index (χ0v) is 11.3. The van der Waals surface area contributed by atoms with Crippen molar-refractivity contribution in [1.29, 1.82) is 0 Å². The molecule has 0 unspecified atom stereocenters. The average molecular weight is 249 g/mol. The monoisotopic (exact) mass is 249 g/mol. The lowest BCUT2D eigenvalue weighted by Crippen LogP contribution is -2.19. The van der Waals surface area contributed by atoms with Gasteiger partial charge in [-0.3, -0.25) is 0 Å². The Morgan fingerprint density at radius 2 is 2.24 bits per heavy atom. The second-order valence-corrected chi connectivity index (χ2v) is 4.94. The molecule has 0 aliphatic heterocycles. The van der Waals surface area contributed by atoms with Crippen molar-refractivity contribution in [3.05, 3.63) is 29.6 Å². The number of rotatable bonds is 5. The van der Waals surface area contributed by atoms with Gasteiger partial charge in [-0.05, 0) is 50.4 Å². The van der Waals surface area contributed by atoms with Gasteiger partial charge in [-0.25, -0.2) is 4.98 Å². The van der Waals surface area contributed by atoms with E-state index in [1.54, 1.807) is 0 Å². The van der Waals surface area contributed by atoms with E-state index in [0.29, 0.717) is 0 Å². The highest BCUT2D eigenvalue weighted by Crippen LogP contribution is 2.14. The molecule has 17 heavy (non-hydrogen) atoms. The van der Waals surface area contributed by atoms with Crippen LogP contribution in [0.15, 0.2) is 18.2 Å². The molecule has 0 saturated carbocycles. The minimum atomic E-state index is 0.948. The first kappa shape index (κ1) is 12.5. The highest BCUT2D eigenvalue weighted by atomic mass is 32.1. The van der Waals surface area contributed by atoms with E-state index in [1.807, 2.05) is 6.92 Å². The van der Waals surface area contributed by atoms with Crippen LogP contribution in [0.4, 0.5) is 0 Å². The van der Waals surface area contributed by atoms with Gasteiger partial charge in [-0.15, -0.1) is 0 Å². The third kappa shape index (κ3) is 3.23. The van der Waals surface area contributed by atoms with Crippen LogP contribution in [0.5, 0.6) is 0 Å². The number of fused-ring (bicyclic) bond motifs is 1. The number of aromatic amines is 1. The molecule has 2 rings (SSSR count). The molecule has 1 N–H and O–H groups in total. The zero-order chi connectivity index (χ0) is 12.3. The number of thiol groups is 1. The number of aromatic nitrogens is 2. The van der Waals surface area contributed by atoms with Crippen LogP contribution < -0.4 is 0 Å². The van der Waals surface area contributed by atoms with Gasteiger partial charge >= 0.3 is 0 Å². The van der Waals surface area contributed by atoms with Gasteiger partial charge in [0.05, 0.1) is 11.0 Å². The Bertz CT molecular complexity index is 492. The van der Waals surface area contributed by atoms with Crippen molar-refractivity contribution >= 4 is 23.7 Å². The molecule has 0 bridgehead atoms. The van der Waals surface area contributed by atoms with Crippen molar-refractivity contribution in [3.63, 3.8) is 0 Å². The van der Waals surface area contributed by atoms with Crippen molar-refractivity contribution in [2.75, 3.05) is 19.3 Å². The van der Waals surface area contributed by atoms with E-state index in [0.717, 1.165) is 42.1 Å². The van der Waals surface area contributed by atoms with Crippen molar-refractivity contribution in [2.24, 2.45) is 0 Å². The lowest BCUT2D eigenvalue weighted by Gasteiger charge is -2.15. The molecule has 0 aliphatic carbocycles. The van der Waals surface area contributed by atoms with Gasteiger partial charge in [-0.1, -0.05) is 6.07 Å². The lowest BCUT2D eigenvalue weighted by atomic mass is 10.2. The van der Waals surface area contributed by atoms with Crippen molar-refractivity contribution in [1.82, 2.24) is 14.9 Å². The summed E-state index contributed by atoms with van der Waals surface area (Å²) in [6.07, 6.45) is 1.13. The molecule has 0 spiro atoms. The standard InChI is InChI=1S/C13H19N3S/c1-10-14-12-5-4-11(8-13(12)15-10)9-16(2)6-3-7-17/h4-5,8,17H,3,6-7,9H2,1-2H3,(H,14,15). The van der Waals surface area contributed by atoms with Gasteiger partial charge in [0, 0.05) is 6.54 Å². The maximum atomic E-state index is 4.40. The number of benzene rings is 1. The fourth-order valence-corrected chi connectivity index (χ4v) is 2.16. The summed E-state index contributed by atoms with van der Waals surface area (Å²) < 4.78 is 0. The van der Waals surface area contributed by atoms with Crippen LogP contribution in [0.1, 0.15) is 17.8 Å². The van der Waals surface area contributed by atoms with E-state index >= 15 is 0 Å². The van der Waals surface area contributed by atoms with E-state index in [-0.39, 0.29) is 0 Å². The molecular weight excluding hydrogens is 230 g/mol. The molecule has 0 atom stereocenters. The largest absolute Gasteiger partial charge is 0.342 e. The summed E-state index contributed by atoms with van der Waals surface area (Å²) in [5.41, 5.74) is 3.50. The molecule has 0 aliphatic rings. The van der Waals surface area contributed by atoms with Crippen molar-refractivity contribution < 1.29 is 0 Å². The van der Waals surface area contributed by atoms with Gasteiger partial charge in [0.15, 0.2) is 0 Å². The molecular formula is C13H19N3S. The zero-order valence-electron chi connectivity index (χ0n) is 10.4. The van der Waals surface area contributed by atoms with Crippen molar-refractivity contribution in [3.8, 4) is 0 Å². The molecule has 1 heterocycles. The minimum Gasteiger partial charge on any atom is -0.342 e. The fraction of sp³-hybridized carbons (Fsp3) is 0.462. The van der Waals surface area contributed by atoms with Crippen LogP contribution in [-0.2, 0) is 6.54 Å². The van der Waals surface area contributed by atoms with Gasteiger partial charge in [0.25, 0.3) is 0 Å². The summed E-state index contributed by atoms with van der Waals surface area (Å²) in [6, 6.07) is 6.42. The van der Waals surface area contributed by atoms with Gasteiger partial charge in [0.2, 0.25) is 0 Å². The van der Waals surface area contributed by atoms with Gasteiger partial charge < -0.3 is 9.88 Å². The first-order valence-electron chi connectivity index (χ1n) is 5.93. The molecule has 0 radical (unpaired) electrons. The van der Waals surface area contributed by atoms with E-state index in [9.17, 15) is 0 Å². The van der Waals surface area contributed by atoms with Crippen LogP contribution in [-0.4, -0.2) is 34.2 Å². The van der Waals surface area contributed by atoms with Crippen LogP contribution in [0, 0.1) is 6.92 Å². The quantitative estimate of drug-likeness (QED) is 0.798. The Balaban J connectivity index is 2.08. The maximum Gasteiger partial charge on any atom is 0.104 e. The van der Waals surface area contributed by atoms with E-state index in [2.05, 4.69) is 52.7 Å². The van der Waals surface area contributed by atoms with E-state index in [4.69, 9.17) is 0 Å². The Morgan fingerprint density at radius 1 is 1.41 bits per heavy atom. The SMILES string of the molecule is Cc1nc2ccc(CN(C)CCCS)cc2[nH]1. The molecule has 3 nitrogen and oxygen atoms in total. The number of nitrogens with one attached hydrogen (secondary N) is 1. The highest BCUT2D eigenvalue weighted by molar-refractivity contribution is 7.80. The highest BCUT2D eigenvalue weighted by Gasteiger charge is 2.03. The number of imidazole rings is 1. The topological polar surface area (TPSA) is 31.9 Å². The maximum absolute atomic E-state index is 4.40. The summed E-state index contributed by atoms with van der Waals surface area (Å²) in [4.78, 5) is 10.00. The third-order valence-corrected chi connectivity index (χ3v) is 3.13. The number of aryl methyl sites for hydroxylation is 1. The van der Waals surface area contributed by atoms with E-state index < -0.39 is 0 Å². The second-order valence-electron chi connectivity index (χ2n) is 4.49. The summed E-state index contributed by atoms with van der Waals surface area (Å²) in [6.45, 7) is 4.05. The molecule has 92 valence electrons. The summed E-state index contributed by atoms with van der Waals surface area (Å²) in [7, 11) is 2.14. The van der Waals surface area contributed by atoms with Gasteiger partial charge in [0.1, 0.15) is 5.82 Å². The summed E-state index contributed by atoms with van der Waals surface area (Å²) in [5.74, 6) is 1.92. The van der Waals surface area contributed by atoms with Crippen LogP contribution in [0.25, 0.3) is 11.0 Å². The lowest BCUT2D eigenvalue weighted by molar-refractivity contribution is 0.329. The number of hydrogen-bond acceptors (Lipinski definition) is 3. The first-order chi connectivity index (χ1) is 8.19. The summed E-state index contributed by atoms with van der Waals surface area (Å²) in [5, 5.41) is 0. The molecule has 0 fully saturated rings. The molecule has 1 aromatic heterocycles. The van der Waals surface area contributed by atoms with E-state index in [1.165, 1.54) is 5.56 Å². The first-order valence-corrected chi connectivity index (χ1v) is 6.57. The number of H-pyrrole nitrogens is 1. The molecule has 0 amide bonds. The normalized spacial score (nSPS) is 11.5. The van der Waals surface area contributed by atoms with Crippen LogP contribution in [0.3, 0.4) is 0 Å². The number of nitrogens with zero attached hydrogens (tertiary/aromatic N) is 2. The predicted molar refractivity (Wildman–Crippen MR) is 75.6 cm³/mol. The predicted octanol–water partition coefficient (Wildman–Crippen LogP) is 2.62. The summed E-state index contributed by atoms with van der Waals surface area (Å²) >= 11 is 4.23. The number of hydrogen-bond donors (Lipinski definition) is 2. The molecule has 2 aromatic rings.